The zero-order chi connectivity index (χ0) is 11.7. The van der Waals surface area contributed by atoms with Crippen molar-refractivity contribution in [3.05, 3.63) is 41.0 Å². The van der Waals surface area contributed by atoms with Crippen LogP contribution in [0, 0.1) is 23.3 Å². The molecule has 0 saturated heterocycles. The summed E-state index contributed by atoms with van der Waals surface area (Å²) in [5, 5.41) is 0. The van der Waals surface area contributed by atoms with E-state index in [0.717, 1.165) is 6.08 Å². The number of halogens is 4. The van der Waals surface area contributed by atoms with Gasteiger partial charge in [-0.3, -0.25) is 0 Å². The summed E-state index contributed by atoms with van der Waals surface area (Å²) < 4.78 is 53.0. The van der Waals surface area contributed by atoms with Gasteiger partial charge in [-0.15, -0.1) is 0 Å². The van der Waals surface area contributed by atoms with E-state index < -0.39 is 40.3 Å². The van der Waals surface area contributed by atoms with Crippen molar-refractivity contribution in [3.63, 3.8) is 0 Å². The van der Waals surface area contributed by atoms with Crippen LogP contribution in [0.4, 0.5) is 17.6 Å². The number of benzene rings is 1. The second-order valence-electron chi connectivity index (χ2n) is 3.44. The Balaban J connectivity index is 3.66. The first-order chi connectivity index (χ1) is 6.91. The van der Waals surface area contributed by atoms with E-state index in [1.165, 1.54) is 13.8 Å². The molecule has 0 amide bonds. The van der Waals surface area contributed by atoms with Crippen molar-refractivity contribution < 1.29 is 17.6 Å². The molecule has 82 valence electrons. The van der Waals surface area contributed by atoms with Gasteiger partial charge in [-0.25, -0.2) is 17.6 Å². The molecule has 0 aliphatic carbocycles. The van der Waals surface area contributed by atoms with Crippen LogP contribution in [0.5, 0.6) is 0 Å². The maximum absolute atomic E-state index is 13.3. The van der Waals surface area contributed by atoms with Crippen molar-refractivity contribution in [2.45, 2.75) is 19.8 Å². The lowest BCUT2D eigenvalue weighted by Crippen LogP contribution is -2.07. The Kier molecular flexibility index (Phi) is 3.17. The molecule has 0 heterocycles. The first-order valence-corrected chi connectivity index (χ1v) is 4.40. The quantitative estimate of drug-likeness (QED) is 0.519. The second kappa shape index (κ2) is 4.04. The van der Waals surface area contributed by atoms with Gasteiger partial charge in [-0.2, -0.15) is 0 Å². The molecule has 0 aromatic heterocycles. The fourth-order valence-corrected chi connectivity index (χ4v) is 1.35. The van der Waals surface area contributed by atoms with Gasteiger partial charge in [-0.05, 0) is 5.92 Å². The third-order valence-electron chi connectivity index (χ3n) is 2.11. The molecule has 0 atom stereocenters. The summed E-state index contributed by atoms with van der Waals surface area (Å²) in [6.07, 6.45) is 0.751. The summed E-state index contributed by atoms with van der Waals surface area (Å²) in [6, 6.07) is 0. The van der Waals surface area contributed by atoms with E-state index in [2.05, 4.69) is 6.58 Å². The maximum Gasteiger partial charge on any atom is 0.169 e. The highest BCUT2D eigenvalue weighted by Gasteiger charge is 2.25. The van der Waals surface area contributed by atoms with E-state index in [0.29, 0.717) is 0 Å². The fraction of sp³-hybridized carbons (Fsp3) is 0.273. The van der Waals surface area contributed by atoms with E-state index in [1.807, 2.05) is 0 Å². The molecule has 1 rings (SSSR count). The summed E-state index contributed by atoms with van der Waals surface area (Å²) >= 11 is 0. The first kappa shape index (κ1) is 11.8. The zero-order valence-electron chi connectivity index (χ0n) is 8.37. The van der Waals surface area contributed by atoms with Gasteiger partial charge >= 0.3 is 0 Å². The molecule has 15 heavy (non-hydrogen) atoms. The van der Waals surface area contributed by atoms with Crippen molar-refractivity contribution in [2.75, 3.05) is 0 Å². The van der Waals surface area contributed by atoms with Gasteiger partial charge in [0.2, 0.25) is 0 Å². The molecular formula is C11H10F4. The summed E-state index contributed by atoms with van der Waals surface area (Å²) in [6.45, 7) is 6.00. The number of rotatable bonds is 2. The van der Waals surface area contributed by atoms with Crippen LogP contribution in [-0.4, -0.2) is 0 Å². The molecule has 0 aliphatic heterocycles. The molecule has 0 fully saturated rings. The lowest BCUT2D eigenvalue weighted by atomic mass is 9.99. The van der Waals surface area contributed by atoms with Crippen molar-refractivity contribution >= 4 is 6.08 Å². The van der Waals surface area contributed by atoms with Crippen LogP contribution >= 0.6 is 0 Å². The summed E-state index contributed by atoms with van der Waals surface area (Å²) in [5.74, 6) is -6.12. The molecule has 1 aromatic rings. The molecular weight excluding hydrogens is 208 g/mol. The van der Waals surface area contributed by atoms with E-state index in [-0.39, 0.29) is 0 Å². The highest BCUT2D eigenvalue weighted by molar-refractivity contribution is 5.50. The van der Waals surface area contributed by atoms with Crippen molar-refractivity contribution in [1.82, 2.24) is 0 Å². The standard InChI is InChI=1S/C11H10F4/c1-4-6-8(12)10(14)7(5(2)3)11(15)9(6)13/h4-5H,1H2,2-3H3. The van der Waals surface area contributed by atoms with Gasteiger partial charge in [-0.1, -0.05) is 26.5 Å². The largest absolute Gasteiger partial charge is 0.203 e. The lowest BCUT2D eigenvalue weighted by molar-refractivity contribution is 0.430. The van der Waals surface area contributed by atoms with Crippen LogP contribution in [0.1, 0.15) is 30.9 Å². The predicted octanol–water partition coefficient (Wildman–Crippen LogP) is 4.01. The Morgan fingerprint density at radius 1 is 0.933 bits per heavy atom. The summed E-state index contributed by atoms with van der Waals surface area (Å²) in [5.41, 5.74) is -1.34. The first-order valence-electron chi connectivity index (χ1n) is 4.40. The SMILES string of the molecule is C=Cc1c(F)c(F)c(C(C)C)c(F)c1F. The molecule has 4 heteroatoms. The Hall–Kier alpha value is -1.32. The van der Waals surface area contributed by atoms with Crippen molar-refractivity contribution in [3.8, 4) is 0 Å². The second-order valence-corrected chi connectivity index (χ2v) is 3.44. The average Bonchev–Trinajstić information content (AvgIpc) is 2.16. The van der Waals surface area contributed by atoms with Crippen LogP contribution in [0.25, 0.3) is 6.08 Å². The number of hydrogen-bond donors (Lipinski definition) is 0. The topological polar surface area (TPSA) is 0 Å². The van der Waals surface area contributed by atoms with Gasteiger partial charge in [0.15, 0.2) is 23.3 Å². The highest BCUT2D eigenvalue weighted by Crippen LogP contribution is 2.29. The third kappa shape index (κ3) is 1.76. The van der Waals surface area contributed by atoms with E-state index in [1.54, 1.807) is 0 Å². The lowest BCUT2D eigenvalue weighted by Gasteiger charge is -2.12. The molecule has 0 spiro atoms. The third-order valence-corrected chi connectivity index (χ3v) is 2.11. The Morgan fingerprint density at radius 2 is 1.33 bits per heavy atom. The minimum atomic E-state index is -1.40. The average molecular weight is 218 g/mol. The number of hydrogen-bond acceptors (Lipinski definition) is 0. The van der Waals surface area contributed by atoms with Crippen molar-refractivity contribution in [1.29, 1.82) is 0 Å². The zero-order valence-corrected chi connectivity index (χ0v) is 8.37. The van der Waals surface area contributed by atoms with E-state index in [9.17, 15) is 17.6 Å². The van der Waals surface area contributed by atoms with Crippen LogP contribution in [-0.2, 0) is 0 Å². The molecule has 0 radical (unpaired) electrons. The highest BCUT2D eigenvalue weighted by atomic mass is 19.2. The van der Waals surface area contributed by atoms with Crippen molar-refractivity contribution in [2.24, 2.45) is 0 Å². The van der Waals surface area contributed by atoms with Gasteiger partial charge in [0.05, 0.1) is 5.56 Å². The van der Waals surface area contributed by atoms with Crippen LogP contribution in [0.3, 0.4) is 0 Å². The Bertz CT molecular complexity index is 379. The molecule has 0 bridgehead atoms. The molecule has 0 N–H and O–H groups in total. The summed E-state index contributed by atoms with van der Waals surface area (Å²) in [4.78, 5) is 0. The normalized spacial score (nSPS) is 10.9. The van der Waals surface area contributed by atoms with Gasteiger partial charge in [0.1, 0.15) is 0 Å². The van der Waals surface area contributed by atoms with Crippen LogP contribution in [0.15, 0.2) is 6.58 Å². The maximum atomic E-state index is 13.3. The fourth-order valence-electron chi connectivity index (χ4n) is 1.35. The van der Waals surface area contributed by atoms with E-state index in [4.69, 9.17) is 0 Å². The monoisotopic (exact) mass is 218 g/mol. The Morgan fingerprint density at radius 3 is 1.60 bits per heavy atom. The van der Waals surface area contributed by atoms with Gasteiger partial charge in [0.25, 0.3) is 0 Å². The predicted molar refractivity (Wildman–Crippen MR) is 50.5 cm³/mol. The van der Waals surface area contributed by atoms with Gasteiger partial charge in [0, 0.05) is 5.56 Å². The Labute approximate surface area is 85.2 Å². The van der Waals surface area contributed by atoms with Crippen LogP contribution in [0.2, 0.25) is 0 Å². The molecule has 0 unspecified atom stereocenters. The van der Waals surface area contributed by atoms with Gasteiger partial charge < -0.3 is 0 Å². The molecule has 1 aromatic carbocycles. The minimum absolute atomic E-state index is 0.574. The summed E-state index contributed by atoms with van der Waals surface area (Å²) in [7, 11) is 0. The van der Waals surface area contributed by atoms with E-state index >= 15 is 0 Å². The molecule has 0 aliphatic rings. The molecule has 0 nitrogen and oxygen atoms in total. The minimum Gasteiger partial charge on any atom is -0.203 e. The smallest absolute Gasteiger partial charge is 0.169 e. The molecule has 0 saturated carbocycles. The van der Waals surface area contributed by atoms with Crippen LogP contribution < -0.4 is 0 Å².